The molecule has 0 spiro atoms. The van der Waals surface area contributed by atoms with E-state index in [1.807, 2.05) is 199 Å². The van der Waals surface area contributed by atoms with Crippen LogP contribution in [0, 0.1) is 0 Å². The summed E-state index contributed by atoms with van der Waals surface area (Å²) >= 11 is 4.32. The number of hydrogen-bond acceptors (Lipinski definition) is 15. The zero-order valence-corrected chi connectivity index (χ0v) is 67.8. The van der Waals surface area contributed by atoms with E-state index in [1.165, 1.54) is 49.2 Å². The van der Waals surface area contributed by atoms with Gasteiger partial charge < -0.3 is 4.57 Å². The Morgan fingerprint density at radius 2 is 0.579 bits per heavy atom. The van der Waals surface area contributed by atoms with Crippen LogP contribution in [-0.2, 0) is 4.57 Å². The van der Waals surface area contributed by atoms with Crippen molar-refractivity contribution in [1.29, 1.82) is 0 Å². The Balaban J connectivity index is 0.000000145. The number of benzene rings is 16. The first kappa shape index (κ1) is 72.5. The normalized spacial score (nSPS) is 11.7. The van der Waals surface area contributed by atoms with Crippen molar-refractivity contribution in [2.75, 3.05) is 0 Å². The molecule has 0 atom stereocenters. The van der Waals surface area contributed by atoms with Crippen LogP contribution in [0.5, 0.6) is 0 Å². The molecular weight excluding hydrogens is 1560 g/mol. The van der Waals surface area contributed by atoms with Crippen LogP contribution in [0.1, 0.15) is 0 Å². The summed E-state index contributed by atoms with van der Waals surface area (Å²) in [6, 6.07) is 132. The lowest BCUT2D eigenvalue weighted by molar-refractivity contribution is 0.592. The molecular formula is C105H64N11OPS3. The average molecular weight is 1620 g/mol. The van der Waals surface area contributed by atoms with Crippen LogP contribution in [-0.4, -0.2) is 52.4 Å². The second-order valence-corrected chi connectivity index (χ2v) is 34.6. The summed E-state index contributed by atoms with van der Waals surface area (Å²) in [6.45, 7) is 0. The highest BCUT2D eigenvalue weighted by Gasteiger charge is 2.30. The van der Waals surface area contributed by atoms with Crippen molar-refractivity contribution in [1.82, 2.24) is 52.4 Å². The Kier molecular flexibility index (Phi) is 18.5. The smallest absolute Gasteiger partial charge is 0.171 e. The number of rotatable bonds is 14. The highest BCUT2D eigenvalue weighted by Crippen LogP contribution is 2.46. The van der Waals surface area contributed by atoms with Gasteiger partial charge in [-0.15, -0.1) is 11.3 Å². The highest BCUT2D eigenvalue weighted by atomic mass is 32.1. The summed E-state index contributed by atoms with van der Waals surface area (Å²) in [6.07, 6.45) is 0. The summed E-state index contributed by atoms with van der Waals surface area (Å²) in [5.74, 6) is 2.50. The Labute approximate surface area is 707 Å². The molecule has 0 amide bonds. The van der Waals surface area contributed by atoms with Crippen molar-refractivity contribution in [3.8, 4) is 124 Å². The molecule has 0 unspecified atom stereocenters. The summed E-state index contributed by atoms with van der Waals surface area (Å²) in [5, 5.41) is 11.3. The first-order chi connectivity index (χ1) is 59.8. The molecule has 12 nitrogen and oxygen atoms in total. The van der Waals surface area contributed by atoms with Crippen LogP contribution in [0.4, 0.5) is 0 Å². The monoisotopic (exact) mass is 1620 g/mol. The summed E-state index contributed by atoms with van der Waals surface area (Å²) in [5.41, 5.74) is 23.2. The maximum Gasteiger partial charge on any atom is 0.171 e. The van der Waals surface area contributed by atoms with Crippen LogP contribution in [0.3, 0.4) is 0 Å². The lowest BCUT2D eigenvalue weighted by Gasteiger charge is -2.20. The molecule has 23 aromatic rings. The molecule has 0 bridgehead atoms. The quantitative estimate of drug-likeness (QED) is 0.0750. The van der Waals surface area contributed by atoms with Gasteiger partial charge in [0.15, 0.2) is 30.4 Å². The molecule has 568 valence electrons. The van der Waals surface area contributed by atoms with Gasteiger partial charge in [0, 0.05) is 113 Å². The lowest BCUT2D eigenvalue weighted by atomic mass is 9.96. The van der Waals surface area contributed by atoms with Crippen LogP contribution in [0.15, 0.2) is 388 Å². The lowest BCUT2D eigenvalue weighted by Crippen LogP contribution is -2.24. The van der Waals surface area contributed by atoms with E-state index in [2.05, 4.69) is 209 Å². The molecule has 16 aromatic carbocycles. The molecule has 23 rings (SSSR count). The van der Waals surface area contributed by atoms with Gasteiger partial charge in [-0.1, -0.05) is 340 Å². The minimum absolute atomic E-state index is 0.615. The highest BCUT2D eigenvalue weighted by molar-refractivity contribution is 7.85. The van der Waals surface area contributed by atoms with Gasteiger partial charge in [0.1, 0.15) is 22.1 Å². The fourth-order valence-electron chi connectivity index (χ4n) is 16.5. The second-order valence-electron chi connectivity index (χ2n) is 29.7. The first-order valence-electron chi connectivity index (χ1n) is 39.7. The third-order valence-electron chi connectivity index (χ3n) is 22.5. The molecule has 0 aliphatic carbocycles. The van der Waals surface area contributed by atoms with E-state index in [9.17, 15) is 0 Å². The van der Waals surface area contributed by atoms with Crippen molar-refractivity contribution >= 4 is 143 Å². The van der Waals surface area contributed by atoms with Crippen molar-refractivity contribution in [3.05, 3.63) is 388 Å². The van der Waals surface area contributed by atoms with E-state index < -0.39 is 7.14 Å². The number of pyridine rings is 2. The predicted octanol–water partition coefficient (Wildman–Crippen LogP) is 26.1. The molecule has 0 saturated heterocycles. The van der Waals surface area contributed by atoms with Gasteiger partial charge in [-0.05, 0) is 81.9 Å². The maximum atomic E-state index is 15.1. The topological polar surface area (TPSA) is 159 Å². The standard InChI is InChI=1S/C53H34N5OPS.C52H30N6S2/c59-60(41-17-9-3-10-18-41,42-19-11-4-12-20-42)43-28-25-37(26-29-43)48-34-47(55-53(56-48)39-15-7-2-8-16-39)36-23-21-35(22-24-36)40-27-30-44-49(33-40)54-51(38-13-5-1-6-14-38)45-31-32-46-52(50(44)45)58-61-57-46;1-3-10-33(11-4-1)47-42-28-29-43-48(58-60-57-43)46(42)41-27-26-37(30-44(41)53-47)31-18-22-35(23-19-31)51-54-50(34-12-5-2-6-13-34)55-52(56-51)36-24-20-32(21-25-36)38-15-9-16-40-39-14-7-8-17-45(39)59-49(38)40/h1-34H;1-30H. The van der Waals surface area contributed by atoms with Gasteiger partial charge in [-0.2, -0.15) is 17.5 Å². The average Bonchev–Trinajstić information content (AvgIpc) is 1.72. The van der Waals surface area contributed by atoms with Crippen molar-refractivity contribution < 1.29 is 4.57 Å². The molecule has 0 N–H and O–H groups in total. The second kappa shape index (κ2) is 30.8. The molecule has 0 fully saturated rings. The summed E-state index contributed by atoms with van der Waals surface area (Å²) in [4.78, 5) is 35.8. The molecule has 0 radical (unpaired) electrons. The first-order valence-corrected chi connectivity index (χ1v) is 43.7. The number of thiophene rings is 1. The van der Waals surface area contributed by atoms with E-state index in [4.69, 9.17) is 43.6 Å². The molecule has 121 heavy (non-hydrogen) atoms. The van der Waals surface area contributed by atoms with Crippen molar-refractivity contribution in [2.24, 2.45) is 0 Å². The van der Waals surface area contributed by atoms with Crippen molar-refractivity contribution in [3.63, 3.8) is 0 Å². The van der Waals surface area contributed by atoms with Gasteiger partial charge >= 0.3 is 0 Å². The van der Waals surface area contributed by atoms with E-state index in [0.717, 1.165) is 176 Å². The van der Waals surface area contributed by atoms with Gasteiger partial charge in [0.25, 0.3) is 0 Å². The third kappa shape index (κ3) is 13.4. The van der Waals surface area contributed by atoms with Crippen LogP contribution < -0.4 is 15.9 Å². The van der Waals surface area contributed by atoms with Crippen LogP contribution >= 0.6 is 41.9 Å². The summed E-state index contributed by atoms with van der Waals surface area (Å²) in [7, 11) is -3.12. The predicted molar refractivity (Wildman–Crippen MR) is 501 cm³/mol. The van der Waals surface area contributed by atoms with Gasteiger partial charge in [0.05, 0.1) is 57.3 Å². The van der Waals surface area contributed by atoms with Crippen LogP contribution in [0.25, 0.3) is 210 Å². The fourth-order valence-corrected chi connectivity index (χ4v) is 21.4. The minimum atomic E-state index is -3.12. The van der Waals surface area contributed by atoms with Gasteiger partial charge in [-0.25, -0.2) is 34.9 Å². The minimum Gasteiger partial charge on any atom is -0.309 e. The third-order valence-corrected chi connectivity index (χ3v) is 27.9. The van der Waals surface area contributed by atoms with Gasteiger partial charge in [0.2, 0.25) is 0 Å². The Hall–Kier alpha value is -15.0. The molecule has 0 aliphatic rings. The molecule has 7 heterocycles. The fraction of sp³-hybridized carbons (Fsp3) is 0. The van der Waals surface area contributed by atoms with E-state index >= 15 is 4.57 Å². The Morgan fingerprint density at radius 1 is 0.223 bits per heavy atom. The van der Waals surface area contributed by atoms with E-state index in [1.54, 1.807) is 0 Å². The molecule has 16 heteroatoms. The molecule has 0 aliphatic heterocycles. The molecule has 0 saturated carbocycles. The number of fused-ring (bicyclic) bond motifs is 13. The Morgan fingerprint density at radius 3 is 1.05 bits per heavy atom. The number of hydrogen-bond donors (Lipinski definition) is 0. The number of nitrogens with zero attached hydrogens (tertiary/aromatic N) is 11. The van der Waals surface area contributed by atoms with Crippen LogP contribution in [0.2, 0.25) is 0 Å². The zero-order chi connectivity index (χ0) is 80.3. The zero-order valence-electron chi connectivity index (χ0n) is 64.4. The molecule has 7 aromatic heterocycles. The Bertz CT molecular complexity index is 7900. The van der Waals surface area contributed by atoms with Crippen molar-refractivity contribution in [2.45, 2.75) is 0 Å². The summed E-state index contributed by atoms with van der Waals surface area (Å²) < 4.78 is 36.2. The van der Waals surface area contributed by atoms with E-state index in [-0.39, 0.29) is 0 Å². The maximum absolute atomic E-state index is 15.1. The number of aromatic nitrogens is 11. The largest absolute Gasteiger partial charge is 0.309 e. The van der Waals surface area contributed by atoms with E-state index in [0.29, 0.717) is 23.3 Å². The SMILES string of the molecule is O=P(c1ccccc1)(c1ccccc1)c1ccc(-c2cc(-c3ccc(-c4ccc5c(c4)nc(-c4ccccc4)c4ccc6nsnc6c45)cc3)nc(-c3ccccc3)n2)cc1.c1ccc(-c2nc(-c3ccc(-c4ccc5c(c4)nc(-c4ccccc4)c4ccc6nsnc6c45)cc3)nc(-c3ccc(-c4cccc5c4sc4ccccc45)cc3)n2)cc1. The van der Waals surface area contributed by atoms with Gasteiger partial charge in [-0.3, -0.25) is 0 Å².